The summed E-state index contributed by atoms with van der Waals surface area (Å²) in [6.45, 7) is -0.0832. The number of hydrogen-bond acceptors (Lipinski definition) is 5. The quantitative estimate of drug-likeness (QED) is 0.697. The van der Waals surface area contributed by atoms with E-state index < -0.39 is 10.0 Å². The summed E-state index contributed by atoms with van der Waals surface area (Å²) in [6.07, 6.45) is 0. The Morgan fingerprint density at radius 3 is 2.34 bits per heavy atom. The molecular formula is C20H25N3O5S. The van der Waals surface area contributed by atoms with Crippen LogP contribution in [0, 0.1) is 0 Å². The monoisotopic (exact) mass is 419 g/mol. The zero-order valence-corrected chi connectivity index (χ0v) is 17.7. The predicted molar refractivity (Wildman–Crippen MR) is 109 cm³/mol. The fourth-order valence-electron chi connectivity index (χ4n) is 2.38. The molecule has 0 bridgehead atoms. The summed E-state index contributed by atoms with van der Waals surface area (Å²) < 4.78 is 31.5. The molecule has 0 radical (unpaired) electrons. The normalized spacial score (nSPS) is 11.2. The van der Waals surface area contributed by atoms with Gasteiger partial charge in [0.15, 0.2) is 6.61 Å². The van der Waals surface area contributed by atoms with Gasteiger partial charge in [-0.15, -0.1) is 0 Å². The van der Waals surface area contributed by atoms with E-state index in [1.165, 1.54) is 31.1 Å². The number of amides is 2. The van der Waals surface area contributed by atoms with Gasteiger partial charge in [0.05, 0.1) is 4.90 Å². The van der Waals surface area contributed by atoms with Crippen molar-refractivity contribution in [3.8, 4) is 5.75 Å². The van der Waals surface area contributed by atoms with E-state index in [9.17, 15) is 18.0 Å². The van der Waals surface area contributed by atoms with E-state index in [0.29, 0.717) is 16.9 Å². The fraction of sp³-hybridized carbons (Fsp3) is 0.300. The van der Waals surface area contributed by atoms with Crippen LogP contribution in [0.5, 0.6) is 5.75 Å². The van der Waals surface area contributed by atoms with Gasteiger partial charge in [0.25, 0.3) is 11.8 Å². The van der Waals surface area contributed by atoms with E-state index in [0.717, 1.165) is 4.31 Å². The second-order valence-electron chi connectivity index (χ2n) is 6.68. The van der Waals surface area contributed by atoms with Crippen LogP contribution in [-0.2, 0) is 21.4 Å². The molecule has 0 atom stereocenters. The van der Waals surface area contributed by atoms with Crippen LogP contribution < -0.4 is 10.1 Å². The van der Waals surface area contributed by atoms with Crippen LogP contribution in [0.4, 0.5) is 0 Å². The van der Waals surface area contributed by atoms with Crippen molar-refractivity contribution in [2.24, 2.45) is 0 Å². The number of hydrogen-bond donors (Lipinski definition) is 1. The number of sulfonamides is 1. The number of nitrogens with zero attached hydrogens (tertiary/aromatic N) is 2. The zero-order chi connectivity index (χ0) is 21.6. The van der Waals surface area contributed by atoms with Gasteiger partial charge in [-0.1, -0.05) is 24.3 Å². The smallest absolute Gasteiger partial charge is 0.259 e. The highest BCUT2D eigenvalue weighted by Gasteiger charge is 2.21. The van der Waals surface area contributed by atoms with E-state index in [2.05, 4.69) is 5.32 Å². The van der Waals surface area contributed by atoms with Crippen molar-refractivity contribution in [2.45, 2.75) is 11.4 Å². The summed E-state index contributed by atoms with van der Waals surface area (Å²) in [7, 11) is 2.55. The maximum atomic E-state index is 12.5. The van der Waals surface area contributed by atoms with Gasteiger partial charge in [-0.3, -0.25) is 9.59 Å². The summed E-state index contributed by atoms with van der Waals surface area (Å²) in [4.78, 5) is 25.7. The molecule has 0 aliphatic rings. The Bertz CT molecular complexity index is 987. The summed E-state index contributed by atoms with van der Waals surface area (Å²) in [5.41, 5.74) is 0.825. The maximum Gasteiger partial charge on any atom is 0.259 e. The van der Waals surface area contributed by atoms with Gasteiger partial charge in [-0.2, -0.15) is 0 Å². The van der Waals surface area contributed by atoms with Crippen molar-refractivity contribution in [2.75, 3.05) is 34.8 Å². The third-order valence-corrected chi connectivity index (χ3v) is 6.04. The van der Waals surface area contributed by atoms with Crippen LogP contribution in [0.3, 0.4) is 0 Å². The minimum absolute atomic E-state index is 0.0479. The Labute approximate surface area is 171 Å². The van der Waals surface area contributed by atoms with Crippen molar-refractivity contribution < 1.29 is 22.7 Å². The number of benzene rings is 2. The number of likely N-dealkylation sites (N-methyl/N-ethyl adjacent to an activating group) is 1. The van der Waals surface area contributed by atoms with Crippen molar-refractivity contribution in [1.82, 2.24) is 14.5 Å². The zero-order valence-electron chi connectivity index (χ0n) is 16.9. The molecule has 156 valence electrons. The summed E-state index contributed by atoms with van der Waals surface area (Å²) in [6, 6.07) is 13.0. The molecular weight excluding hydrogens is 394 g/mol. The maximum absolute atomic E-state index is 12.5. The third-order valence-electron chi connectivity index (χ3n) is 4.13. The van der Waals surface area contributed by atoms with E-state index in [1.807, 2.05) is 0 Å². The van der Waals surface area contributed by atoms with Crippen LogP contribution >= 0.6 is 0 Å². The molecule has 0 saturated carbocycles. The average Bonchev–Trinajstić information content (AvgIpc) is 2.70. The highest BCUT2D eigenvalue weighted by Crippen LogP contribution is 2.19. The van der Waals surface area contributed by atoms with Crippen molar-refractivity contribution in [3.05, 3.63) is 59.7 Å². The Morgan fingerprint density at radius 1 is 1.00 bits per heavy atom. The third kappa shape index (κ3) is 5.78. The highest BCUT2D eigenvalue weighted by molar-refractivity contribution is 7.89. The Hall–Kier alpha value is -2.91. The number of carbonyl (C=O) groups excluding carboxylic acids is 2. The molecule has 0 unspecified atom stereocenters. The molecule has 8 nitrogen and oxygen atoms in total. The standard InChI is InChI=1S/C20H25N3O5S/c1-22(2)19(24)14-28-17-10-7-9-15(12-17)20(25)21-13-16-8-5-6-11-18(16)29(26,27)23(3)4/h5-12H,13-14H2,1-4H3,(H,21,25). The number of ether oxygens (including phenoxy) is 1. The molecule has 0 saturated heterocycles. The van der Waals surface area contributed by atoms with Gasteiger partial charge in [0.1, 0.15) is 5.75 Å². The first-order chi connectivity index (χ1) is 13.6. The fourth-order valence-corrected chi connectivity index (χ4v) is 3.49. The van der Waals surface area contributed by atoms with Crippen molar-refractivity contribution >= 4 is 21.8 Å². The van der Waals surface area contributed by atoms with Crippen molar-refractivity contribution in [1.29, 1.82) is 0 Å². The lowest BCUT2D eigenvalue weighted by Crippen LogP contribution is -2.28. The lowest BCUT2D eigenvalue weighted by Gasteiger charge is -2.15. The summed E-state index contributed by atoms with van der Waals surface area (Å²) in [5, 5.41) is 2.72. The first kappa shape index (κ1) is 22.4. The van der Waals surface area contributed by atoms with E-state index in [-0.39, 0.29) is 29.9 Å². The number of carbonyl (C=O) groups is 2. The highest BCUT2D eigenvalue weighted by atomic mass is 32.2. The Balaban J connectivity index is 2.09. The van der Waals surface area contributed by atoms with Crippen LogP contribution in [0.1, 0.15) is 15.9 Å². The summed E-state index contributed by atoms with van der Waals surface area (Å²) >= 11 is 0. The predicted octanol–water partition coefficient (Wildman–Crippen LogP) is 1.33. The first-order valence-electron chi connectivity index (χ1n) is 8.84. The molecule has 0 spiro atoms. The topological polar surface area (TPSA) is 96.0 Å². The molecule has 0 fully saturated rings. The Kier molecular flexibility index (Phi) is 7.35. The molecule has 9 heteroatoms. The van der Waals surface area contributed by atoms with Gasteiger partial charge in [0, 0.05) is 40.3 Å². The molecule has 0 aliphatic heterocycles. The molecule has 0 aromatic heterocycles. The van der Waals surface area contributed by atoms with E-state index in [4.69, 9.17) is 4.74 Å². The van der Waals surface area contributed by atoms with E-state index in [1.54, 1.807) is 50.5 Å². The van der Waals surface area contributed by atoms with Gasteiger partial charge in [-0.05, 0) is 29.8 Å². The lowest BCUT2D eigenvalue weighted by molar-refractivity contribution is -0.130. The van der Waals surface area contributed by atoms with Crippen LogP contribution in [0.25, 0.3) is 0 Å². The largest absolute Gasteiger partial charge is 0.484 e. The number of nitrogens with one attached hydrogen (secondary N) is 1. The molecule has 1 N–H and O–H groups in total. The molecule has 0 heterocycles. The minimum Gasteiger partial charge on any atom is -0.484 e. The van der Waals surface area contributed by atoms with E-state index >= 15 is 0 Å². The Morgan fingerprint density at radius 2 is 1.69 bits per heavy atom. The molecule has 2 rings (SSSR count). The van der Waals surface area contributed by atoms with Crippen LogP contribution in [0.2, 0.25) is 0 Å². The first-order valence-corrected chi connectivity index (χ1v) is 10.3. The molecule has 2 aromatic carbocycles. The average molecular weight is 420 g/mol. The molecule has 29 heavy (non-hydrogen) atoms. The SMILES string of the molecule is CN(C)C(=O)COc1cccc(C(=O)NCc2ccccc2S(=O)(=O)N(C)C)c1. The van der Waals surface area contributed by atoms with Gasteiger partial charge < -0.3 is 15.0 Å². The van der Waals surface area contributed by atoms with Gasteiger partial charge >= 0.3 is 0 Å². The molecule has 2 amide bonds. The molecule has 2 aromatic rings. The van der Waals surface area contributed by atoms with Crippen LogP contribution in [-0.4, -0.2) is 64.2 Å². The summed E-state index contributed by atoms with van der Waals surface area (Å²) in [5.74, 6) is -0.187. The van der Waals surface area contributed by atoms with Crippen LogP contribution in [0.15, 0.2) is 53.4 Å². The van der Waals surface area contributed by atoms with Gasteiger partial charge in [0.2, 0.25) is 10.0 Å². The second-order valence-corrected chi connectivity index (χ2v) is 8.80. The molecule has 0 aliphatic carbocycles. The second kappa shape index (κ2) is 9.53. The number of rotatable bonds is 8. The minimum atomic E-state index is -3.62. The van der Waals surface area contributed by atoms with Crippen molar-refractivity contribution in [3.63, 3.8) is 0 Å². The van der Waals surface area contributed by atoms with Gasteiger partial charge in [-0.25, -0.2) is 12.7 Å². The lowest BCUT2D eigenvalue weighted by atomic mass is 10.2.